The van der Waals surface area contributed by atoms with Gasteiger partial charge >= 0.3 is 0 Å². The van der Waals surface area contributed by atoms with Crippen LogP contribution in [0, 0.1) is 11.3 Å². The highest BCUT2D eigenvalue weighted by Crippen LogP contribution is 2.53. The molecule has 0 bridgehead atoms. The molecule has 3 rings (SSSR count). The lowest BCUT2D eigenvalue weighted by molar-refractivity contribution is -0.182. The number of guanidine groups is 1. The zero-order valence-electron chi connectivity index (χ0n) is 13.9. The van der Waals surface area contributed by atoms with E-state index in [1.807, 2.05) is 24.3 Å². The highest BCUT2D eigenvalue weighted by Gasteiger charge is 2.58. The van der Waals surface area contributed by atoms with Crippen LogP contribution in [-0.2, 0) is 4.74 Å². The van der Waals surface area contributed by atoms with E-state index in [4.69, 9.17) is 20.2 Å². The first-order valence-corrected chi connectivity index (χ1v) is 7.88. The Morgan fingerprint density at radius 1 is 1.43 bits per heavy atom. The number of nitrogens with one attached hydrogen (secondary N) is 1. The molecule has 2 fully saturated rings. The maximum absolute atomic E-state index is 6.11. The zero-order chi connectivity index (χ0) is 15.7. The molecular weight excluding hydrogens is 405 g/mol. The quantitative estimate of drug-likeness (QED) is 0.438. The predicted molar refractivity (Wildman–Crippen MR) is 104 cm³/mol. The Morgan fingerprint density at radius 3 is 2.96 bits per heavy atom. The van der Waals surface area contributed by atoms with E-state index in [1.54, 1.807) is 7.11 Å². The van der Waals surface area contributed by atoms with E-state index in [9.17, 15) is 0 Å². The van der Waals surface area contributed by atoms with Crippen LogP contribution >= 0.6 is 24.0 Å². The third kappa shape index (κ3) is 3.57. The number of rotatable bonds is 3. The Labute approximate surface area is 155 Å². The van der Waals surface area contributed by atoms with Crippen molar-refractivity contribution in [2.24, 2.45) is 22.1 Å². The molecule has 1 aliphatic carbocycles. The van der Waals surface area contributed by atoms with Gasteiger partial charge in [0.2, 0.25) is 0 Å². The normalized spacial score (nSPS) is 28.8. The summed E-state index contributed by atoms with van der Waals surface area (Å²) in [7, 11) is 1.65. The summed E-state index contributed by atoms with van der Waals surface area (Å²) in [5.74, 6) is 1.74. The summed E-state index contributed by atoms with van der Waals surface area (Å²) in [6.45, 7) is 5.30. The minimum absolute atomic E-state index is 0. The highest BCUT2D eigenvalue weighted by atomic mass is 127. The second kappa shape index (κ2) is 7.25. The van der Waals surface area contributed by atoms with Crippen molar-refractivity contribution in [3.05, 3.63) is 24.3 Å². The topological polar surface area (TPSA) is 68.9 Å². The van der Waals surface area contributed by atoms with Crippen molar-refractivity contribution in [1.29, 1.82) is 0 Å². The number of aliphatic imine (C=N–C) groups is 1. The number of anilines is 1. The molecule has 3 atom stereocenters. The van der Waals surface area contributed by atoms with Crippen molar-refractivity contribution in [1.82, 2.24) is 0 Å². The monoisotopic (exact) mass is 431 g/mol. The predicted octanol–water partition coefficient (Wildman–Crippen LogP) is 3.24. The number of ether oxygens (including phenoxy) is 2. The van der Waals surface area contributed by atoms with Crippen LogP contribution in [0.15, 0.2) is 29.3 Å². The van der Waals surface area contributed by atoms with Gasteiger partial charge in [0, 0.05) is 29.7 Å². The average molecular weight is 431 g/mol. The molecule has 1 aliphatic heterocycles. The van der Waals surface area contributed by atoms with Crippen LogP contribution in [0.5, 0.6) is 5.75 Å². The number of benzene rings is 1. The summed E-state index contributed by atoms with van der Waals surface area (Å²) in [6.07, 6.45) is 2.61. The maximum atomic E-state index is 6.11. The van der Waals surface area contributed by atoms with Crippen LogP contribution in [0.1, 0.15) is 26.7 Å². The molecule has 2 aliphatic rings. The summed E-state index contributed by atoms with van der Waals surface area (Å²) in [5, 5.41) is 3.16. The van der Waals surface area contributed by atoms with Gasteiger partial charge in [-0.1, -0.05) is 19.9 Å². The van der Waals surface area contributed by atoms with Gasteiger partial charge in [-0.3, -0.25) is 0 Å². The molecule has 0 aromatic heterocycles. The van der Waals surface area contributed by atoms with Crippen molar-refractivity contribution in [2.75, 3.05) is 19.0 Å². The summed E-state index contributed by atoms with van der Waals surface area (Å²) in [5.41, 5.74) is 7.04. The molecule has 1 saturated carbocycles. The second-order valence-corrected chi connectivity index (χ2v) is 6.73. The van der Waals surface area contributed by atoms with Gasteiger partial charge < -0.3 is 20.5 Å². The molecular formula is C17H26IN3O2. The summed E-state index contributed by atoms with van der Waals surface area (Å²) >= 11 is 0. The van der Waals surface area contributed by atoms with Gasteiger partial charge in [-0.2, -0.15) is 0 Å². The minimum atomic E-state index is 0. The molecule has 0 amide bonds. The Morgan fingerprint density at radius 2 is 2.22 bits per heavy atom. The van der Waals surface area contributed by atoms with Gasteiger partial charge in [-0.05, 0) is 25.0 Å². The first-order valence-electron chi connectivity index (χ1n) is 7.88. The first kappa shape index (κ1) is 18.3. The van der Waals surface area contributed by atoms with E-state index < -0.39 is 0 Å². The fourth-order valence-corrected chi connectivity index (χ4v) is 3.79. The van der Waals surface area contributed by atoms with Crippen LogP contribution < -0.4 is 15.8 Å². The molecule has 5 nitrogen and oxygen atoms in total. The molecule has 23 heavy (non-hydrogen) atoms. The molecule has 3 N–H and O–H groups in total. The van der Waals surface area contributed by atoms with Crippen molar-refractivity contribution in [2.45, 2.75) is 38.8 Å². The van der Waals surface area contributed by atoms with Gasteiger partial charge in [-0.25, -0.2) is 4.99 Å². The largest absolute Gasteiger partial charge is 0.497 e. The SMILES string of the molecule is COc1cccc(NC(N)=NC2C3CCCOC3C2(C)C)c1.I. The molecule has 128 valence electrons. The number of nitrogens with zero attached hydrogens (tertiary/aromatic N) is 1. The van der Waals surface area contributed by atoms with E-state index >= 15 is 0 Å². The van der Waals surface area contributed by atoms with Gasteiger partial charge in [-0.15, -0.1) is 24.0 Å². The third-order valence-corrected chi connectivity index (χ3v) is 4.89. The third-order valence-electron chi connectivity index (χ3n) is 4.89. The molecule has 1 saturated heterocycles. The standard InChI is InChI=1S/C17H25N3O2.HI/c1-17(2)14(13-8-5-9-22-15(13)17)20-16(18)19-11-6-4-7-12(10-11)21-3;/h4,6-7,10,13-15H,5,8-9H2,1-3H3,(H3,18,19,20);1H. The average Bonchev–Trinajstić information content (AvgIpc) is 2.53. The van der Waals surface area contributed by atoms with Crippen LogP contribution in [0.2, 0.25) is 0 Å². The number of hydrogen-bond acceptors (Lipinski definition) is 3. The minimum Gasteiger partial charge on any atom is -0.497 e. The molecule has 0 radical (unpaired) electrons. The van der Waals surface area contributed by atoms with E-state index in [0.717, 1.165) is 24.5 Å². The Hall–Kier alpha value is -1.02. The lowest BCUT2D eigenvalue weighted by atomic mass is 9.55. The number of fused-ring (bicyclic) bond motifs is 1. The Kier molecular flexibility index (Phi) is 5.78. The second-order valence-electron chi connectivity index (χ2n) is 6.73. The summed E-state index contributed by atoms with van der Waals surface area (Å²) < 4.78 is 11.1. The summed E-state index contributed by atoms with van der Waals surface area (Å²) in [4.78, 5) is 4.73. The van der Waals surface area contributed by atoms with E-state index in [1.165, 1.54) is 6.42 Å². The van der Waals surface area contributed by atoms with Crippen molar-refractivity contribution >= 4 is 35.6 Å². The number of nitrogens with two attached hydrogens (primary N) is 1. The summed E-state index contributed by atoms with van der Waals surface area (Å²) in [6, 6.07) is 7.89. The first-order chi connectivity index (χ1) is 10.5. The highest BCUT2D eigenvalue weighted by molar-refractivity contribution is 14.0. The van der Waals surface area contributed by atoms with Crippen LogP contribution in [0.3, 0.4) is 0 Å². The lowest BCUT2D eigenvalue weighted by Gasteiger charge is -2.58. The molecule has 1 aromatic carbocycles. The number of methoxy groups -OCH3 is 1. The Bertz CT molecular complexity index is 577. The lowest BCUT2D eigenvalue weighted by Crippen LogP contribution is -2.64. The maximum Gasteiger partial charge on any atom is 0.193 e. The van der Waals surface area contributed by atoms with Gasteiger partial charge in [0.1, 0.15) is 5.75 Å². The molecule has 6 heteroatoms. The van der Waals surface area contributed by atoms with E-state index in [0.29, 0.717) is 18.0 Å². The van der Waals surface area contributed by atoms with Crippen molar-refractivity contribution < 1.29 is 9.47 Å². The van der Waals surface area contributed by atoms with Crippen LogP contribution in [-0.4, -0.2) is 31.8 Å². The van der Waals surface area contributed by atoms with E-state index in [-0.39, 0.29) is 35.4 Å². The molecule has 1 heterocycles. The van der Waals surface area contributed by atoms with Crippen molar-refractivity contribution in [3.63, 3.8) is 0 Å². The van der Waals surface area contributed by atoms with Crippen molar-refractivity contribution in [3.8, 4) is 5.75 Å². The van der Waals surface area contributed by atoms with E-state index in [2.05, 4.69) is 19.2 Å². The molecule has 1 aromatic rings. The van der Waals surface area contributed by atoms with Crippen LogP contribution in [0.4, 0.5) is 5.69 Å². The van der Waals surface area contributed by atoms with Gasteiger partial charge in [0.15, 0.2) is 5.96 Å². The van der Waals surface area contributed by atoms with Gasteiger partial charge in [0.25, 0.3) is 0 Å². The smallest absolute Gasteiger partial charge is 0.193 e. The molecule has 3 unspecified atom stereocenters. The number of hydrogen-bond donors (Lipinski definition) is 2. The number of halogens is 1. The van der Waals surface area contributed by atoms with Crippen LogP contribution in [0.25, 0.3) is 0 Å². The molecule has 0 spiro atoms. The zero-order valence-corrected chi connectivity index (χ0v) is 16.2. The fraction of sp³-hybridized carbons (Fsp3) is 0.588. The Balaban J connectivity index is 0.00000192. The fourth-order valence-electron chi connectivity index (χ4n) is 3.79. The van der Waals surface area contributed by atoms with Gasteiger partial charge in [0.05, 0.1) is 19.3 Å².